The number of rotatable bonds is 3. The van der Waals surface area contributed by atoms with E-state index in [0.29, 0.717) is 35.9 Å². The number of hydrogen-bond acceptors (Lipinski definition) is 4. The van der Waals surface area contributed by atoms with Gasteiger partial charge >= 0.3 is 6.18 Å². The Kier molecular flexibility index (Phi) is 4.24. The molecule has 0 amide bonds. The quantitative estimate of drug-likeness (QED) is 0.912. The SMILES string of the molecule is NCC1CCN(c2cnn(CC(F)(F)F)c(=O)c2Cl)C1. The number of nitrogens with two attached hydrogens (primary N) is 1. The number of hydrogen-bond donors (Lipinski definition) is 1. The molecular weight excluding hydrogens is 297 g/mol. The largest absolute Gasteiger partial charge is 0.408 e. The number of nitrogens with zero attached hydrogens (tertiary/aromatic N) is 3. The number of anilines is 1. The van der Waals surface area contributed by atoms with Crippen molar-refractivity contribution < 1.29 is 13.2 Å². The predicted octanol–water partition coefficient (Wildman–Crippen LogP) is 1.24. The van der Waals surface area contributed by atoms with E-state index in [0.717, 1.165) is 6.42 Å². The lowest BCUT2D eigenvalue weighted by atomic mass is 10.1. The molecule has 2 rings (SSSR count). The highest BCUT2D eigenvalue weighted by molar-refractivity contribution is 6.33. The number of halogens is 4. The van der Waals surface area contributed by atoms with E-state index >= 15 is 0 Å². The smallest absolute Gasteiger partial charge is 0.369 e. The maximum Gasteiger partial charge on any atom is 0.408 e. The molecule has 0 aliphatic carbocycles. The molecular formula is C11H14ClF3N4O. The zero-order chi connectivity index (χ0) is 14.9. The second kappa shape index (κ2) is 5.61. The normalized spacial score (nSPS) is 19.6. The van der Waals surface area contributed by atoms with Gasteiger partial charge in [-0.15, -0.1) is 0 Å². The van der Waals surface area contributed by atoms with Gasteiger partial charge in [0.15, 0.2) is 0 Å². The van der Waals surface area contributed by atoms with Crippen molar-refractivity contribution in [1.29, 1.82) is 0 Å². The Hall–Kier alpha value is -1.28. The predicted molar refractivity (Wildman–Crippen MR) is 68.9 cm³/mol. The maximum atomic E-state index is 12.3. The molecule has 1 unspecified atom stereocenters. The lowest BCUT2D eigenvalue weighted by Crippen LogP contribution is -2.32. The molecule has 1 saturated heterocycles. The van der Waals surface area contributed by atoms with Crippen molar-refractivity contribution in [2.45, 2.75) is 19.1 Å². The summed E-state index contributed by atoms with van der Waals surface area (Å²) in [6.45, 7) is 0.358. The Morgan fingerprint density at radius 1 is 1.50 bits per heavy atom. The highest BCUT2D eigenvalue weighted by Crippen LogP contribution is 2.27. The van der Waals surface area contributed by atoms with E-state index in [1.165, 1.54) is 6.20 Å². The molecule has 5 nitrogen and oxygen atoms in total. The van der Waals surface area contributed by atoms with Crippen LogP contribution in [0.1, 0.15) is 6.42 Å². The van der Waals surface area contributed by atoms with Crippen LogP contribution in [0.25, 0.3) is 0 Å². The minimum atomic E-state index is -4.51. The topological polar surface area (TPSA) is 64.2 Å². The first-order valence-electron chi connectivity index (χ1n) is 6.09. The van der Waals surface area contributed by atoms with Crippen LogP contribution in [0.3, 0.4) is 0 Å². The Morgan fingerprint density at radius 2 is 2.20 bits per heavy atom. The summed E-state index contributed by atoms with van der Waals surface area (Å²) in [7, 11) is 0. The van der Waals surface area contributed by atoms with Crippen molar-refractivity contribution >= 4 is 17.3 Å². The summed E-state index contributed by atoms with van der Waals surface area (Å²) in [6, 6.07) is 0. The van der Waals surface area contributed by atoms with E-state index in [9.17, 15) is 18.0 Å². The zero-order valence-electron chi connectivity index (χ0n) is 10.5. The van der Waals surface area contributed by atoms with E-state index in [4.69, 9.17) is 17.3 Å². The molecule has 20 heavy (non-hydrogen) atoms. The average molecular weight is 311 g/mol. The van der Waals surface area contributed by atoms with Gasteiger partial charge in [0.1, 0.15) is 11.6 Å². The van der Waals surface area contributed by atoms with Crippen molar-refractivity contribution in [3.8, 4) is 0 Å². The van der Waals surface area contributed by atoms with Crippen LogP contribution in [0.4, 0.5) is 18.9 Å². The van der Waals surface area contributed by atoms with Crippen LogP contribution in [0.15, 0.2) is 11.0 Å². The summed E-state index contributed by atoms with van der Waals surface area (Å²) in [6.07, 6.45) is -2.45. The van der Waals surface area contributed by atoms with Crippen molar-refractivity contribution in [3.63, 3.8) is 0 Å². The van der Waals surface area contributed by atoms with Crippen LogP contribution in [0, 0.1) is 5.92 Å². The van der Waals surface area contributed by atoms with E-state index in [-0.39, 0.29) is 5.02 Å². The van der Waals surface area contributed by atoms with Crippen LogP contribution in [-0.2, 0) is 6.54 Å². The fraction of sp³-hybridized carbons (Fsp3) is 0.636. The van der Waals surface area contributed by atoms with Crippen LogP contribution in [-0.4, -0.2) is 35.6 Å². The van der Waals surface area contributed by atoms with Gasteiger partial charge in [-0.1, -0.05) is 11.6 Å². The third-order valence-electron chi connectivity index (χ3n) is 3.26. The number of aromatic nitrogens is 2. The lowest BCUT2D eigenvalue weighted by Gasteiger charge is -2.20. The highest BCUT2D eigenvalue weighted by atomic mass is 35.5. The molecule has 9 heteroatoms. The molecule has 0 radical (unpaired) electrons. The molecule has 1 aromatic rings. The summed E-state index contributed by atoms with van der Waals surface area (Å²) in [5.74, 6) is 0.295. The third kappa shape index (κ3) is 3.24. The number of alkyl halides is 3. The van der Waals surface area contributed by atoms with E-state index < -0.39 is 18.3 Å². The van der Waals surface area contributed by atoms with Gasteiger partial charge in [-0.3, -0.25) is 4.79 Å². The van der Waals surface area contributed by atoms with Gasteiger partial charge in [0, 0.05) is 13.1 Å². The fourth-order valence-electron chi connectivity index (χ4n) is 2.20. The second-order valence-electron chi connectivity index (χ2n) is 4.76. The molecule has 112 valence electrons. The molecule has 0 spiro atoms. The Bertz CT molecular complexity index is 545. The van der Waals surface area contributed by atoms with E-state index in [2.05, 4.69) is 5.10 Å². The molecule has 1 aliphatic heterocycles. The molecule has 1 atom stereocenters. The van der Waals surface area contributed by atoms with Gasteiger partial charge in [0.2, 0.25) is 0 Å². The summed E-state index contributed by atoms with van der Waals surface area (Å²) < 4.78 is 37.2. The van der Waals surface area contributed by atoms with Crippen LogP contribution >= 0.6 is 11.6 Å². The third-order valence-corrected chi connectivity index (χ3v) is 3.61. The summed E-state index contributed by atoms with van der Waals surface area (Å²) in [4.78, 5) is 13.6. The monoisotopic (exact) mass is 310 g/mol. The van der Waals surface area contributed by atoms with E-state index in [1.54, 1.807) is 0 Å². The molecule has 0 saturated carbocycles. The van der Waals surface area contributed by atoms with Gasteiger partial charge < -0.3 is 10.6 Å². The maximum absolute atomic E-state index is 12.3. The van der Waals surface area contributed by atoms with Crippen molar-refractivity contribution in [2.24, 2.45) is 11.7 Å². The molecule has 0 bridgehead atoms. The standard InChI is InChI=1S/C11H14ClF3N4O/c12-9-8(18-2-1-7(3-16)5-18)4-17-19(10(9)20)6-11(13,14)15/h4,7H,1-3,5-6,16H2. The van der Waals surface area contributed by atoms with Gasteiger partial charge in [0.25, 0.3) is 5.56 Å². The lowest BCUT2D eigenvalue weighted by molar-refractivity contribution is -0.143. The van der Waals surface area contributed by atoms with Crippen molar-refractivity contribution in [3.05, 3.63) is 21.6 Å². The van der Waals surface area contributed by atoms with Gasteiger partial charge in [-0.05, 0) is 18.9 Å². The molecule has 2 N–H and O–H groups in total. The molecule has 0 aromatic carbocycles. The van der Waals surface area contributed by atoms with Crippen LogP contribution in [0.2, 0.25) is 5.02 Å². The second-order valence-corrected chi connectivity index (χ2v) is 5.14. The molecule has 1 fully saturated rings. The van der Waals surface area contributed by atoms with E-state index in [1.807, 2.05) is 4.90 Å². The van der Waals surface area contributed by atoms with Crippen LogP contribution in [0.5, 0.6) is 0 Å². The van der Waals surface area contributed by atoms with Gasteiger partial charge in [-0.25, -0.2) is 4.68 Å². The first kappa shape index (κ1) is 15.1. The molecule has 1 aromatic heterocycles. The summed E-state index contributed by atoms with van der Waals surface area (Å²) in [5.41, 5.74) is 5.00. The van der Waals surface area contributed by atoms with Crippen LogP contribution < -0.4 is 16.2 Å². The highest BCUT2D eigenvalue weighted by Gasteiger charge is 2.31. The van der Waals surface area contributed by atoms with Gasteiger partial charge in [0.05, 0.1) is 11.9 Å². The summed E-state index contributed by atoms with van der Waals surface area (Å²) in [5, 5.41) is 3.31. The summed E-state index contributed by atoms with van der Waals surface area (Å²) >= 11 is 5.88. The fourth-order valence-corrected chi connectivity index (χ4v) is 2.47. The Labute approximate surface area is 118 Å². The minimum Gasteiger partial charge on any atom is -0.369 e. The van der Waals surface area contributed by atoms with Gasteiger partial charge in [-0.2, -0.15) is 18.3 Å². The first-order valence-corrected chi connectivity index (χ1v) is 6.47. The Balaban J connectivity index is 2.26. The first-order chi connectivity index (χ1) is 9.31. The zero-order valence-corrected chi connectivity index (χ0v) is 11.3. The average Bonchev–Trinajstić information content (AvgIpc) is 2.82. The minimum absolute atomic E-state index is 0.234. The van der Waals surface area contributed by atoms with Crippen molar-refractivity contribution in [1.82, 2.24) is 9.78 Å². The molecule has 1 aliphatic rings. The van der Waals surface area contributed by atoms with Crippen molar-refractivity contribution in [2.75, 3.05) is 24.5 Å². The molecule has 2 heterocycles. The Morgan fingerprint density at radius 3 is 2.75 bits per heavy atom.